The van der Waals surface area contributed by atoms with Gasteiger partial charge in [0.2, 0.25) is 0 Å². The van der Waals surface area contributed by atoms with Gasteiger partial charge in [-0.25, -0.2) is 9.97 Å². The predicted octanol–water partition coefficient (Wildman–Crippen LogP) is 3.12. The summed E-state index contributed by atoms with van der Waals surface area (Å²) >= 11 is 0. The molecule has 0 radical (unpaired) electrons. The molecule has 1 aromatic heterocycles. The lowest BCUT2D eigenvalue weighted by molar-refractivity contribution is 0.596. The smallest absolute Gasteiger partial charge is 0.147 e. The molecule has 0 amide bonds. The Hall–Kier alpha value is -1.43. The van der Waals surface area contributed by atoms with Gasteiger partial charge in [-0.05, 0) is 26.2 Å². The summed E-state index contributed by atoms with van der Waals surface area (Å²) in [6.45, 7) is 8.26. The second-order valence-electron chi connectivity index (χ2n) is 3.97. The lowest BCUT2D eigenvalue weighted by Crippen LogP contribution is -2.09. The Labute approximate surface area is 97.5 Å². The van der Waals surface area contributed by atoms with Crippen LogP contribution >= 0.6 is 0 Å². The number of nitrogens with zero attached hydrogens (tertiary/aromatic N) is 3. The van der Waals surface area contributed by atoms with E-state index < -0.39 is 0 Å². The molecule has 0 N–H and O–H groups in total. The number of aryl methyl sites for hydroxylation is 1. The van der Waals surface area contributed by atoms with E-state index in [1.54, 1.807) is 0 Å². The largest absolute Gasteiger partial charge is 0.238 e. The highest BCUT2D eigenvalue weighted by Gasteiger charge is 2.15. The summed E-state index contributed by atoms with van der Waals surface area (Å²) in [5, 5.41) is 9.09. The molecular weight excluding hydrogens is 198 g/mol. The quantitative estimate of drug-likeness (QED) is 0.778. The van der Waals surface area contributed by atoms with Gasteiger partial charge in [-0.3, -0.25) is 0 Å². The summed E-state index contributed by atoms with van der Waals surface area (Å²) in [5.74, 6) is 1.20. The van der Waals surface area contributed by atoms with Gasteiger partial charge < -0.3 is 0 Å². The fourth-order valence-electron chi connectivity index (χ4n) is 1.97. The molecule has 1 heterocycles. The Balaban J connectivity index is 3.26. The van der Waals surface area contributed by atoms with Crippen molar-refractivity contribution in [3.63, 3.8) is 0 Å². The average molecular weight is 217 g/mol. The maximum Gasteiger partial charge on any atom is 0.147 e. The third-order valence-electron chi connectivity index (χ3n) is 3.04. The summed E-state index contributed by atoms with van der Waals surface area (Å²) in [6.07, 6.45) is 2.86. The van der Waals surface area contributed by atoms with Crippen molar-refractivity contribution in [1.82, 2.24) is 9.97 Å². The zero-order valence-corrected chi connectivity index (χ0v) is 10.5. The van der Waals surface area contributed by atoms with Gasteiger partial charge in [-0.1, -0.05) is 20.8 Å². The molecule has 0 atom stereocenters. The zero-order chi connectivity index (χ0) is 12.1. The fourth-order valence-corrected chi connectivity index (χ4v) is 1.97. The van der Waals surface area contributed by atoms with Crippen LogP contribution in [0, 0.1) is 18.3 Å². The summed E-state index contributed by atoms with van der Waals surface area (Å²) in [4.78, 5) is 8.93. The number of aromatic nitrogens is 2. The van der Waals surface area contributed by atoms with Crippen molar-refractivity contribution in [3.05, 3.63) is 22.8 Å². The van der Waals surface area contributed by atoms with Crippen LogP contribution in [0.2, 0.25) is 0 Å². The zero-order valence-electron chi connectivity index (χ0n) is 10.5. The van der Waals surface area contributed by atoms with E-state index in [9.17, 15) is 0 Å². The summed E-state index contributed by atoms with van der Waals surface area (Å²) in [7, 11) is 0. The van der Waals surface area contributed by atoms with E-state index in [2.05, 4.69) is 29.9 Å². The van der Waals surface area contributed by atoms with E-state index in [1.807, 2.05) is 13.8 Å². The maximum absolute atomic E-state index is 9.09. The van der Waals surface area contributed by atoms with E-state index in [1.165, 1.54) is 0 Å². The molecule has 0 aromatic carbocycles. The number of hydrogen-bond acceptors (Lipinski definition) is 3. The summed E-state index contributed by atoms with van der Waals surface area (Å²) < 4.78 is 0. The molecule has 0 spiro atoms. The third-order valence-corrected chi connectivity index (χ3v) is 3.04. The van der Waals surface area contributed by atoms with Gasteiger partial charge in [0, 0.05) is 17.2 Å². The first-order chi connectivity index (χ1) is 7.67. The second-order valence-corrected chi connectivity index (χ2v) is 3.97. The van der Waals surface area contributed by atoms with Gasteiger partial charge in [0.05, 0.1) is 0 Å². The van der Waals surface area contributed by atoms with Crippen molar-refractivity contribution in [1.29, 1.82) is 5.26 Å². The standard InChI is InChI=1S/C13H19N3/c1-5-10(6-2)13-15-9(4)11(7-3)12(8-14)16-13/h10H,5-7H2,1-4H3. The van der Waals surface area contributed by atoms with Crippen LogP contribution in [0.1, 0.15) is 62.3 Å². The number of nitriles is 1. The van der Waals surface area contributed by atoms with Crippen LogP contribution < -0.4 is 0 Å². The molecular formula is C13H19N3. The molecule has 0 unspecified atom stereocenters. The van der Waals surface area contributed by atoms with Gasteiger partial charge >= 0.3 is 0 Å². The highest BCUT2D eigenvalue weighted by Crippen LogP contribution is 2.21. The van der Waals surface area contributed by atoms with Crippen molar-refractivity contribution < 1.29 is 0 Å². The molecule has 3 nitrogen and oxygen atoms in total. The highest BCUT2D eigenvalue weighted by atomic mass is 14.9. The monoisotopic (exact) mass is 217 g/mol. The highest BCUT2D eigenvalue weighted by molar-refractivity contribution is 5.34. The number of rotatable bonds is 4. The van der Waals surface area contributed by atoms with E-state index >= 15 is 0 Å². The molecule has 0 saturated carbocycles. The Kier molecular flexibility index (Phi) is 4.42. The van der Waals surface area contributed by atoms with Crippen molar-refractivity contribution in [2.45, 2.75) is 52.9 Å². The van der Waals surface area contributed by atoms with Crippen LogP contribution in [-0.2, 0) is 6.42 Å². The van der Waals surface area contributed by atoms with Gasteiger partial charge in [0.15, 0.2) is 0 Å². The Morgan fingerprint density at radius 1 is 1.19 bits per heavy atom. The van der Waals surface area contributed by atoms with Crippen LogP contribution in [0.4, 0.5) is 0 Å². The first kappa shape index (κ1) is 12.6. The minimum Gasteiger partial charge on any atom is -0.238 e. The van der Waals surface area contributed by atoms with E-state index in [4.69, 9.17) is 5.26 Å². The minimum absolute atomic E-state index is 0.372. The van der Waals surface area contributed by atoms with E-state index in [0.29, 0.717) is 11.6 Å². The molecule has 0 saturated heterocycles. The SMILES string of the molecule is CCc1c(C)nc(C(CC)CC)nc1C#N. The third kappa shape index (κ3) is 2.38. The normalized spacial score (nSPS) is 10.5. The van der Waals surface area contributed by atoms with Crippen LogP contribution in [-0.4, -0.2) is 9.97 Å². The molecule has 1 aromatic rings. The van der Waals surface area contributed by atoms with Crippen molar-refractivity contribution in [3.8, 4) is 6.07 Å². The summed E-state index contributed by atoms with van der Waals surface area (Å²) in [6, 6.07) is 2.18. The Morgan fingerprint density at radius 2 is 1.81 bits per heavy atom. The molecule has 0 aliphatic carbocycles. The topological polar surface area (TPSA) is 49.6 Å². The van der Waals surface area contributed by atoms with Gasteiger partial charge in [0.25, 0.3) is 0 Å². The van der Waals surface area contributed by atoms with Gasteiger partial charge in [-0.15, -0.1) is 0 Å². The molecule has 86 valence electrons. The average Bonchev–Trinajstić information content (AvgIpc) is 2.29. The first-order valence-electron chi connectivity index (χ1n) is 5.95. The molecule has 3 heteroatoms. The Morgan fingerprint density at radius 3 is 2.25 bits per heavy atom. The minimum atomic E-state index is 0.372. The summed E-state index contributed by atoms with van der Waals surface area (Å²) in [5.41, 5.74) is 2.49. The van der Waals surface area contributed by atoms with Crippen molar-refractivity contribution in [2.75, 3.05) is 0 Å². The Bertz CT molecular complexity index is 400. The van der Waals surface area contributed by atoms with Crippen molar-refractivity contribution >= 4 is 0 Å². The fraction of sp³-hybridized carbons (Fsp3) is 0.615. The predicted molar refractivity (Wildman–Crippen MR) is 64.2 cm³/mol. The van der Waals surface area contributed by atoms with Gasteiger partial charge in [-0.2, -0.15) is 5.26 Å². The number of hydrogen-bond donors (Lipinski definition) is 0. The van der Waals surface area contributed by atoms with Crippen molar-refractivity contribution in [2.24, 2.45) is 0 Å². The molecule has 0 fully saturated rings. The molecule has 1 rings (SSSR count). The maximum atomic E-state index is 9.09. The lowest BCUT2D eigenvalue weighted by Gasteiger charge is -2.13. The van der Waals surface area contributed by atoms with Crippen LogP contribution in [0.25, 0.3) is 0 Å². The van der Waals surface area contributed by atoms with E-state index in [0.717, 1.165) is 36.3 Å². The van der Waals surface area contributed by atoms with Crippen LogP contribution in [0.15, 0.2) is 0 Å². The molecule has 0 bridgehead atoms. The van der Waals surface area contributed by atoms with E-state index in [-0.39, 0.29) is 0 Å². The van der Waals surface area contributed by atoms with Crippen LogP contribution in [0.3, 0.4) is 0 Å². The second kappa shape index (κ2) is 5.60. The first-order valence-corrected chi connectivity index (χ1v) is 5.95. The lowest BCUT2D eigenvalue weighted by atomic mass is 10.0. The molecule has 0 aliphatic heterocycles. The van der Waals surface area contributed by atoms with Crippen LogP contribution in [0.5, 0.6) is 0 Å². The molecule has 0 aliphatic rings. The molecule has 16 heavy (non-hydrogen) atoms. The van der Waals surface area contributed by atoms with Gasteiger partial charge in [0.1, 0.15) is 17.6 Å².